The van der Waals surface area contributed by atoms with Gasteiger partial charge in [-0.15, -0.1) is 11.3 Å². The first-order chi connectivity index (χ1) is 14.5. The van der Waals surface area contributed by atoms with Crippen molar-refractivity contribution in [3.8, 4) is 11.3 Å². The van der Waals surface area contributed by atoms with Gasteiger partial charge >= 0.3 is 0 Å². The second kappa shape index (κ2) is 8.56. The molecule has 1 aliphatic rings. The lowest BCUT2D eigenvalue weighted by molar-refractivity contribution is -0.384. The zero-order valence-corrected chi connectivity index (χ0v) is 18.4. The Labute approximate surface area is 180 Å². The summed E-state index contributed by atoms with van der Waals surface area (Å²) in [7, 11) is 0. The quantitative estimate of drug-likeness (QED) is 0.349. The van der Waals surface area contributed by atoms with Crippen LogP contribution in [0.25, 0.3) is 11.3 Å². The number of rotatable bonds is 4. The second-order valence-electron chi connectivity index (χ2n) is 8.33. The van der Waals surface area contributed by atoms with Gasteiger partial charge in [-0.3, -0.25) is 10.1 Å². The molecule has 30 heavy (non-hydrogen) atoms. The first-order valence-corrected chi connectivity index (χ1v) is 11.4. The average molecular weight is 422 g/mol. The number of thiazole rings is 1. The number of aromatic nitrogens is 1. The maximum atomic E-state index is 11.5. The van der Waals surface area contributed by atoms with Crippen molar-refractivity contribution in [3.05, 3.63) is 74.4 Å². The Morgan fingerprint density at radius 1 is 1.10 bits per heavy atom. The molecular weight excluding hydrogens is 394 g/mol. The number of nitro benzene ring substituents is 1. The Morgan fingerprint density at radius 3 is 2.57 bits per heavy atom. The summed E-state index contributed by atoms with van der Waals surface area (Å²) in [5, 5.41) is 13.6. The fraction of sp³-hybridized carbons (Fsp3) is 0.375. The van der Waals surface area contributed by atoms with Crippen molar-refractivity contribution in [3.63, 3.8) is 0 Å². The largest absolute Gasteiger partial charge is 0.313 e. The van der Waals surface area contributed by atoms with Gasteiger partial charge in [-0.2, -0.15) is 0 Å². The van der Waals surface area contributed by atoms with Crippen LogP contribution in [-0.4, -0.2) is 9.49 Å². The lowest BCUT2D eigenvalue weighted by Gasteiger charge is -2.36. The minimum absolute atomic E-state index is 0.0411. The van der Waals surface area contributed by atoms with Gasteiger partial charge < -0.3 is 4.57 Å². The van der Waals surface area contributed by atoms with Crippen LogP contribution in [0.5, 0.6) is 0 Å². The Bertz CT molecular complexity index is 1110. The number of hydrogen-bond donors (Lipinski definition) is 0. The van der Waals surface area contributed by atoms with Crippen LogP contribution < -0.4 is 4.80 Å². The van der Waals surface area contributed by atoms with Crippen LogP contribution in [0.4, 0.5) is 11.4 Å². The molecule has 0 saturated heterocycles. The van der Waals surface area contributed by atoms with Crippen LogP contribution in [0.3, 0.4) is 0 Å². The fourth-order valence-electron chi connectivity index (χ4n) is 4.39. The molecule has 0 aliphatic heterocycles. The van der Waals surface area contributed by atoms with E-state index in [9.17, 15) is 10.1 Å². The maximum Gasteiger partial charge on any atom is 0.294 e. The molecule has 3 atom stereocenters. The molecule has 1 saturated carbocycles. The van der Waals surface area contributed by atoms with Gasteiger partial charge in [-0.25, -0.2) is 4.99 Å². The van der Waals surface area contributed by atoms with Gasteiger partial charge in [0.2, 0.25) is 0 Å². The van der Waals surface area contributed by atoms with E-state index >= 15 is 0 Å². The van der Waals surface area contributed by atoms with Gasteiger partial charge in [0.25, 0.3) is 5.69 Å². The molecule has 6 heteroatoms. The van der Waals surface area contributed by atoms with Gasteiger partial charge in [-0.1, -0.05) is 68.7 Å². The van der Waals surface area contributed by atoms with Crippen molar-refractivity contribution >= 4 is 22.7 Å². The van der Waals surface area contributed by atoms with E-state index in [4.69, 9.17) is 4.99 Å². The summed E-state index contributed by atoms with van der Waals surface area (Å²) < 4.78 is 2.34. The third-order valence-corrected chi connectivity index (χ3v) is 7.22. The van der Waals surface area contributed by atoms with E-state index in [1.165, 1.54) is 24.5 Å². The van der Waals surface area contributed by atoms with Gasteiger partial charge in [-0.05, 0) is 36.8 Å². The van der Waals surface area contributed by atoms with E-state index < -0.39 is 0 Å². The van der Waals surface area contributed by atoms with Crippen molar-refractivity contribution in [2.24, 2.45) is 16.8 Å². The molecule has 0 bridgehead atoms. The van der Waals surface area contributed by atoms with Crippen molar-refractivity contribution in [1.82, 2.24) is 4.57 Å². The summed E-state index contributed by atoms with van der Waals surface area (Å²) in [6.07, 6.45) is 3.54. The van der Waals surface area contributed by atoms with Crippen LogP contribution in [0, 0.1) is 28.9 Å². The van der Waals surface area contributed by atoms with E-state index in [0.29, 0.717) is 23.6 Å². The minimum atomic E-state index is -0.358. The highest BCUT2D eigenvalue weighted by molar-refractivity contribution is 7.07. The van der Waals surface area contributed by atoms with Crippen LogP contribution in [0.1, 0.15) is 44.7 Å². The SMILES string of the molecule is Cc1ccc(-c2csc(=Nc3ccccc3[N+](=O)[O-])n2C2CCCC(C)C2C)cc1. The fourth-order valence-corrected chi connectivity index (χ4v) is 5.36. The maximum absolute atomic E-state index is 11.5. The summed E-state index contributed by atoms with van der Waals surface area (Å²) in [6, 6.07) is 15.6. The minimum Gasteiger partial charge on any atom is -0.313 e. The molecule has 156 valence electrons. The second-order valence-corrected chi connectivity index (χ2v) is 9.17. The Morgan fingerprint density at radius 2 is 1.83 bits per heavy atom. The van der Waals surface area contributed by atoms with Crippen LogP contribution in [-0.2, 0) is 0 Å². The number of para-hydroxylation sites is 2. The monoisotopic (exact) mass is 421 g/mol. The standard InChI is InChI=1S/C24H27N3O2S/c1-16-11-13-19(14-12-16)23-15-30-24(25-20-8-4-5-9-22(20)27(28)29)26(23)21-10-6-7-17(2)18(21)3/h4-5,8-9,11-15,17-18,21H,6-7,10H2,1-3H3. The first-order valence-electron chi connectivity index (χ1n) is 10.5. The number of hydrogen-bond acceptors (Lipinski definition) is 4. The Hall–Kier alpha value is -2.73. The molecule has 1 heterocycles. The van der Waals surface area contributed by atoms with E-state index in [0.717, 1.165) is 22.5 Å². The summed E-state index contributed by atoms with van der Waals surface area (Å²) >= 11 is 1.56. The summed E-state index contributed by atoms with van der Waals surface area (Å²) in [6.45, 7) is 6.74. The van der Waals surface area contributed by atoms with Gasteiger partial charge in [0.1, 0.15) is 5.69 Å². The predicted molar refractivity (Wildman–Crippen MR) is 122 cm³/mol. The third kappa shape index (κ3) is 3.97. The lowest BCUT2D eigenvalue weighted by Crippen LogP contribution is -2.32. The topological polar surface area (TPSA) is 60.4 Å². The molecule has 1 fully saturated rings. The molecule has 0 radical (unpaired) electrons. The molecule has 5 nitrogen and oxygen atoms in total. The first kappa shape index (κ1) is 20.5. The van der Waals surface area contributed by atoms with Crippen molar-refractivity contribution < 1.29 is 4.92 Å². The smallest absolute Gasteiger partial charge is 0.294 e. The Kier molecular flexibility index (Phi) is 5.86. The van der Waals surface area contributed by atoms with Crippen molar-refractivity contribution in [2.45, 2.75) is 46.1 Å². The van der Waals surface area contributed by atoms with Gasteiger partial charge in [0.05, 0.1) is 10.6 Å². The van der Waals surface area contributed by atoms with Crippen LogP contribution >= 0.6 is 11.3 Å². The number of nitrogens with zero attached hydrogens (tertiary/aromatic N) is 3. The lowest BCUT2D eigenvalue weighted by atomic mass is 9.78. The molecule has 4 rings (SSSR count). The van der Waals surface area contributed by atoms with Crippen molar-refractivity contribution in [2.75, 3.05) is 0 Å². The number of nitro groups is 1. The summed E-state index contributed by atoms with van der Waals surface area (Å²) in [5.74, 6) is 1.16. The third-order valence-electron chi connectivity index (χ3n) is 6.38. The molecule has 3 aromatic rings. The predicted octanol–water partition coefficient (Wildman–Crippen LogP) is 6.66. The number of aryl methyl sites for hydroxylation is 1. The van der Waals surface area contributed by atoms with E-state index in [1.54, 1.807) is 29.5 Å². The number of benzene rings is 2. The van der Waals surface area contributed by atoms with E-state index in [2.05, 4.69) is 55.0 Å². The molecule has 1 aromatic heterocycles. The van der Waals surface area contributed by atoms with E-state index in [1.807, 2.05) is 0 Å². The average Bonchev–Trinajstić information content (AvgIpc) is 3.14. The molecule has 0 spiro atoms. The summed E-state index contributed by atoms with van der Waals surface area (Å²) in [5.41, 5.74) is 3.98. The highest BCUT2D eigenvalue weighted by Crippen LogP contribution is 2.39. The normalized spacial score (nSPS) is 22.2. The van der Waals surface area contributed by atoms with Crippen LogP contribution in [0.15, 0.2) is 58.9 Å². The zero-order chi connectivity index (χ0) is 21.3. The molecule has 0 N–H and O–H groups in total. The zero-order valence-electron chi connectivity index (χ0n) is 17.6. The molecule has 1 aliphatic carbocycles. The van der Waals surface area contributed by atoms with Crippen molar-refractivity contribution in [1.29, 1.82) is 0 Å². The molecule has 2 aromatic carbocycles. The highest BCUT2D eigenvalue weighted by atomic mass is 32.1. The van der Waals surface area contributed by atoms with Gasteiger partial charge in [0, 0.05) is 17.5 Å². The van der Waals surface area contributed by atoms with Crippen LogP contribution in [0.2, 0.25) is 0 Å². The Balaban J connectivity index is 1.92. The van der Waals surface area contributed by atoms with E-state index in [-0.39, 0.29) is 10.6 Å². The molecular formula is C24H27N3O2S. The molecule has 3 unspecified atom stereocenters. The molecule has 0 amide bonds. The van der Waals surface area contributed by atoms with Gasteiger partial charge in [0.15, 0.2) is 4.80 Å². The highest BCUT2D eigenvalue weighted by Gasteiger charge is 2.30. The summed E-state index contributed by atoms with van der Waals surface area (Å²) in [4.78, 5) is 16.8.